The van der Waals surface area contributed by atoms with E-state index in [4.69, 9.17) is 11.6 Å². The van der Waals surface area contributed by atoms with E-state index in [-0.39, 0.29) is 11.5 Å². The molecule has 0 aliphatic carbocycles. The maximum Gasteiger partial charge on any atom is 0.252 e. The van der Waals surface area contributed by atoms with Gasteiger partial charge >= 0.3 is 0 Å². The summed E-state index contributed by atoms with van der Waals surface area (Å²) in [5.74, 6) is -0.205. The molecule has 0 saturated heterocycles. The Morgan fingerprint density at radius 3 is 2.45 bits per heavy atom. The minimum atomic E-state index is -0.205. The van der Waals surface area contributed by atoms with Crippen molar-refractivity contribution in [3.63, 3.8) is 0 Å². The van der Waals surface area contributed by atoms with Gasteiger partial charge in [-0.25, -0.2) is 0 Å². The van der Waals surface area contributed by atoms with Crippen molar-refractivity contribution in [2.75, 3.05) is 26.2 Å². The number of carbonyl (C=O) groups excluding carboxylic acids is 1. The number of benzene rings is 2. The molecular weight excluding hydrogens is 386 g/mol. The van der Waals surface area contributed by atoms with Gasteiger partial charge in [-0.05, 0) is 37.6 Å². The Bertz CT molecular complexity index is 1040. The van der Waals surface area contributed by atoms with Crippen molar-refractivity contribution in [3.8, 4) is 0 Å². The molecule has 0 saturated carbocycles. The molecule has 1 aromatic heterocycles. The summed E-state index contributed by atoms with van der Waals surface area (Å²) in [7, 11) is 0. The first-order valence-corrected chi connectivity index (χ1v) is 10.4. The maximum atomic E-state index is 12.9. The van der Waals surface area contributed by atoms with Crippen LogP contribution in [0.4, 0.5) is 0 Å². The predicted molar refractivity (Wildman–Crippen MR) is 118 cm³/mol. The molecule has 0 fully saturated rings. The maximum absolute atomic E-state index is 12.9. The van der Waals surface area contributed by atoms with E-state index in [1.165, 1.54) is 11.0 Å². The number of nitrogens with one attached hydrogen (secondary N) is 2. The van der Waals surface area contributed by atoms with Crippen molar-refractivity contribution >= 4 is 28.4 Å². The van der Waals surface area contributed by atoms with Crippen LogP contribution in [0.5, 0.6) is 0 Å². The Kier molecular flexibility index (Phi) is 7.07. The quantitative estimate of drug-likeness (QED) is 0.596. The lowest BCUT2D eigenvalue weighted by molar-refractivity contribution is -0.895. The lowest BCUT2D eigenvalue weighted by Crippen LogP contribution is -3.12. The van der Waals surface area contributed by atoms with Crippen LogP contribution in [0.25, 0.3) is 10.9 Å². The first kappa shape index (κ1) is 21.1. The Morgan fingerprint density at radius 1 is 1.07 bits per heavy atom. The molecule has 0 radical (unpaired) electrons. The third kappa shape index (κ3) is 5.05. The molecule has 2 aromatic carbocycles. The summed E-state index contributed by atoms with van der Waals surface area (Å²) in [6, 6.07) is 16.4. The van der Waals surface area contributed by atoms with E-state index in [9.17, 15) is 9.59 Å². The van der Waals surface area contributed by atoms with E-state index < -0.39 is 0 Å². The first-order chi connectivity index (χ1) is 14.0. The molecular formula is C23H27ClN3O2+. The zero-order chi connectivity index (χ0) is 20.8. The number of rotatable bonds is 8. The molecule has 0 aliphatic rings. The van der Waals surface area contributed by atoms with Crippen molar-refractivity contribution in [2.45, 2.75) is 20.4 Å². The van der Waals surface area contributed by atoms with Crippen LogP contribution in [0.15, 0.2) is 59.4 Å². The van der Waals surface area contributed by atoms with E-state index in [2.05, 4.69) is 19.2 Å². The highest BCUT2D eigenvalue weighted by Gasteiger charge is 2.15. The van der Waals surface area contributed by atoms with Crippen LogP contribution >= 0.6 is 11.6 Å². The zero-order valence-corrected chi connectivity index (χ0v) is 17.6. The van der Waals surface area contributed by atoms with E-state index in [1.54, 1.807) is 4.57 Å². The average Bonchev–Trinajstić information content (AvgIpc) is 2.74. The topological polar surface area (TPSA) is 55.5 Å². The Balaban J connectivity index is 1.89. The SMILES string of the molecule is CC[NH+](CC)CCNC(=O)c1cc(=O)n(Cc2ccc(Cl)cc2)c2ccccc12. The molecule has 0 atom stereocenters. The molecule has 0 bridgehead atoms. The molecule has 29 heavy (non-hydrogen) atoms. The smallest absolute Gasteiger partial charge is 0.252 e. The van der Waals surface area contributed by atoms with Gasteiger partial charge in [-0.15, -0.1) is 0 Å². The fraction of sp³-hybridized carbons (Fsp3) is 0.304. The fourth-order valence-electron chi connectivity index (χ4n) is 3.51. The van der Waals surface area contributed by atoms with Gasteiger partial charge in [-0.2, -0.15) is 0 Å². The second kappa shape index (κ2) is 9.72. The highest BCUT2D eigenvalue weighted by Crippen LogP contribution is 2.18. The highest BCUT2D eigenvalue weighted by molar-refractivity contribution is 6.30. The summed E-state index contributed by atoms with van der Waals surface area (Å²) in [5, 5.41) is 4.40. The van der Waals surface area contributed by atoms with E-state index >= 15 is 0 Å². The number of quaternary nitrogens is 1. The molecule has 0 unspecified atom stereocenters. The standard InChI is InChI=1S/C23H26ClN3O2/c1-3-26(4-2)14-13-25-23(29)20-15-22(28)27(21-8-6-5-7-19(20)21)16-17-9-11-18(24)12-10-17/h5-12,15H,3-4,13-14,16H2,1-2H3,(H,25,29)/p+1. The van der Waals surface area contributed by atoms with Crippen LogP contribution in [0, 0.1) is 0 Å². The fourth-order valence-corrected chi connectivity index (χ4v) is 3.64. The summed E-state index contributed by atoms with van der Waals surface area (Å²) in [4.78, 5) is 27.1. The van der Waals surface area contributed by atoms with Gasteiger partial charge in [0.25, 0.3) is 11.5 Å². The van der Waals surface area contributed by atoms with Crippen LogP contribution in [0.1, 0.15) is 29.8 Å². The highest BCUT2D eigenvalue weighted by atomic mass is 35.5. The summed E-state index contributed by atoms with van der Waals surface area (Å²) in [6.07, 6.45) is 0. The number of hydrogen-bond acceptors (Lipinski definition) is 2. The van der Waals surface area contributed by atoms with E-state index in [0.717, 1.165) is 36.1 Å². The van der Waals surface area contributed by atoms with Crippen molar-refractivity contribution in [3.05, 3.63) is 81.1 Å². The minimum absolute atomic E-state index is 0.196. The second-order valence-corrected chi connectivity index (χ2v) is 7.53. The van der Waals surface area contributed by atoms with Crippen molar-refractivity contribution in [2.24, 2.45) is 0 Å². The Labute approximate surface area is 175 Å². The van der Waals surface area contributed by atoms with Crippen molar-refractivity contribution < 1.29 is 9.69 Å². The lowest BCUT2D eigenvalue weighted by atomic mass is 10.1. The monoisotopic (exact) mass is 412 g/mol. The van der Waals surface area contributed by atoms with Crippen LogP contribution in [0.3, 0.4) is 0 Å². The Morgan fingerprint density at radius 2 is 1.76 bits per heavy atom. The van der Waals surface area contributed by atoms with Crippen molar-refractivity contribution in [1.29, 1.82) is 0 Å². The molecule has 3 aromatic rings. The molecule has 0 spiro atoms. The second-order valence-electron chi connectivity index (χ2n) is 7.09. The molecule has 1 amide bonds. The van der Waals surface area contributed by atoms with Crippen LogP contribution in [0.2, 0.25) is 5.02 Å². The van der Waals surface area contributed by atoms with Crippen molar-refractivity contribution in [1.82, 2.24) is 9.88 Å². The number of carbonyl (C=O) groups is 1. The summed E-state index contributed by atoms with van der Waals surface area (Å²) in [5.41, 5.74) is 1.95. The number of para-hydroxylation sites is 1. The largest absolute Gasteiger partial charge is 0.346 e. The number of pyridine rings is 1. The molecule has 3 rings (SSSR count). The van der Waals surface area contributed by atoms with Gasteiger partial charge in [0, 0.05) is 16.5 Å². The predicted octanol–water partition coefficient (Wildman–Crippen LogP) is 2.36. The molecule has 0 aliphatic heterocycles. The zero-order valence-electron chi connectivity index (χ0n) is 16.9. The van der Waals surface area contributed by atoms with Gasteiger partial charge < -0.3 is 14.8 Å². The van der Waals surface area contributed by atoms with Gasteiger partial charge in [0.05, 0.1) is 43.8 Å². The molecule has 2 N–H and O–H groups in total. The van der Waals surface area contributed by atoms with Gasteiger partial charge in [0.1, 0.15) is 0 Å². The third-order valence-electron chi connectivity index (χ3n) is 5.28. The summed E-state index contributed by atoms with van der Waals surface area (Å²) >= 11 is 5.96. The third-order valence-corrected chi connectivity index (χ3v) is 5.53. The van der Waals surface area contributed by atoms with Gasteiger partial charge in [0.15, 0.2) is 0 Å². The van der Waals surface area contributed by atoms with Gasteiger partial charge in [0.2, 0.25) is 0 Å². The number of likely N-dealkylation sites (N-methyl/N-ethyl adjacent to an activating group) is 1. The molecule has 152 valence electrons. The molecule has 6 heteroatoms. The van der Waals surface area contributed by atoms with Crippen LogP contribution in [-0.4, -0.2) is 36.7 Å². The van der Waals surface area contributed by atoms with Gasteiger partial charge in [-0.1, -0.05) is 41.9 Å². The number of hydrogen-bond donors (Lipinski definition) is 2. The number of nitrogens with zero attached hydrogens (tertiary/aromatic N) is 1. The number of aromatic nitrogens is 1. The summed E-state index contributed by atoms with van der Waals surface area (Å²) < 4.78 is 1.69. The molecule has 5 nitrogen and oxygen atoms in total. The minimum Gasteiger partial charge on any atom is -0.346 e. The molecule has 1 heterocycles. The van der Waals surface area contributed by atoms with Gasteiger partial charge in [-0.3, -0.25) is 9.59 Å². The number of amides is 1. The Hall–Kier alpha value is -2.63. The van der Waals surface area contributed by atoms with E-state index in [1.807, 2.05) is 48.5 Å². The average molecular weight is 413 g/mol. The first-order valence-electron chi connectivity index (χ1n) is 10.0. The number of fused-ring (bicyclic) bond motifs is 1. The number of halogens is 1. The normalized spacial score (nSPS) is 11.2. The lowest BCUT2D eigenvalue weighted by Gasteiger charge is -2.16. The van der Waals surface area contributed by atoms with Crippen LogP contribution in [-0.2, 0) is 6.54 Å². The summed E-state index contributed by atoms with van der Waals surface area (Å²) in [6.45, 7) is 8.18. The van der Waals surface area contributed by atoms with E-state index in [0.29, 0.717) is 23.7 Å². The van der Waals surface area contributed by atoms with Crippen LogP contribution < -0.4 is 15.8 Å².